The first-order valence-electron chi connectivity index (χ1n) is 13.7. The molecule has 0 radical (unpaired) electrons. The van der Waals surface area contributed by atoms with E-state index in [9.17, 15) is 22.8 Å². The Morgan fingerprint density at radius 2 is 1.56 bits per heavy atom. The van der Waals surface area contributed by atoms with Gasteiger partial charge < -0.3 is 5.32 Å². The summed E-state index contributed by atoms with van der Waals surface area (Å²) in [6.07, 6.45) is 0.476. The molecular formula is C32H34BrN3O5S2. The normalized spacial score (nSPS) is 11.7. The zero-order valence-electron chi connectivity index (χ0n) is 24.2. The standard InChI is InChI=1S/C32H34BrN3O5S2/c1-4-19-36(31(38)26-12-8-11-25(20-26)14-13-24-9-6-5-7-10-24)32(39)34-29(22-42-21-23(2)3)30(37)35-43(40,41)28-17-15-27(33)16-18-28/h5-12,15-18,20,23,29H,4,19,21-22H2,1-3H3,(H,34,39)(H,35,37)/t29-/m0/s1. The first-order chi connectivity index (χ1) is 20.5. The summed E-state index contributed by atoms with van der Waals surface area (Å²) in [5.41, 5.74) is 1.69. The van der Waals surface area contributed by atoms with Crippen LogP contribution in [0.4, 0.5) is 4.79 Å². The topological polar surface area (TPSA) is 113 Å². The van der Waals surface area contributed by atoms with E-state index in [4.69, 9.17) is 0 Å². The molecule has 0 saturated heterocycles. The number of nitrogens with one attached hydrogen (secondary N) is 2. The van der Waals surface area contributed by atoms with Crippen LogP contribution in [0.5, 0.6) is 0 Å². The van der Waals surface area contributed by atoms with E-state index in [2.05, 4.69) is 37.8 Å². The third-order valence-electron chi connectivity index (χ3n) is 5.88. The fourth-order valence-corrected chi connectivity index (χ4v) is 6.14. The number of imide groups is 1. The second-order valence-corrected chi connectivity index (χ2v) is 13.7. The smallest absolute Gasteiger partial charge is 0.325 e. The van der Waals surface area contributed by atoms with Crippen LogP contribution >= 0.6 is 27.7 Å². The molecule has 11 heteroatoms. The molecule has 0 aromatic heterocycles. The van der Waals surface area contributed by atoms with Crippen molar-refractivity contribution >= 4 is 55.6 Å². The van der Waals surface area contributed by atoms with E-state index in [0.717, 1.165) is 10.5 Å². The predicted molar refractivity (Wildman–Crippen MR) is 174 cm³/mol. The van der Waals surface area contributed by atoms with E-state index in [1.165, 1.54) is 23.9 Å². The Morgan fingerprint density at radius 1 is 0.907 bits per heavy atom. The van der Waals surface area contributed by atoms with E-state index >= 15 is 0 Å². The molecule has 3 aromatic rings. The molecule has 0 fully saturated rings. The summed E-state index contributed by atoms with van der Waals surface area (Å²) >= 11 is 4.66. The van der Waals surface area contributed by atoms with Crippen LogP contribution in [-0.4, -0.2) is 55.3 Å². The highest BCUT2D eigenvalue weighted by Gasteiger charge is 2.30. The Balaban J connectivity index is 1.80. The fourth-order valence-electron chi connectivity index (χ4n) is 3.78. The summed E-state index contributed by atoms with van der Waals surface area (Å²) in [6.45, 7) is 5.94. The molecule has 8 nitrogen and oxygen atoms in total. The number of carbonyl (C=O) groups is 3. The van der Waals surface area contributed by atoms with Crippen molar-refractivity contribution < 1.29 is 22.8 Å². The van der Waals surface area contributed by atoms with Gasteiger partial charge in [0.1, 0.15) is 6.04 Å². The molecule has 4 amide bonds. The van der Waals surface area contributed by atoms with Gasteiger partial charge in [0.15, 0.2) is 0 Å². The van der Waals surface area contributed by atoms with Crippen molar-refractivity contribution in [2.45, 2.75) is 38.1 Å². The van der Waals surface area contributed by atoms with E-state index in [1.54, 1.807) is 36.4 Å². The number of hydrogen-bond acceptors (Lipinski definition) is 6. The van der Waals surface area contributed by atoms with Gasteiger partial charge in [-0.25, -0.2) is 17.9 Å². The van der Waals surface area contributed by atoms with Gasteiger partial charge in [-0.2, -0.15) is 11.8 Å². The number of amides is 4. The van der Waals surface area contributed by atoms with Crippen LogP contribution in [0.2, 0.25) is 0 Å². The molecular weight excluding hydrogens is 650 g/mol. The minimum atomic E-state index is -4.19. The summed E-state index contributed by atoms with van der Waals surface area (Å²) in [5.74, 6) is 5.75. The van der Waals surface area contributed by atoms with Gasteiger partial charge in [-0.1, -0.05) is 72.8 Å². The lowest BCUT2D eigenvalue weighted by molar-refractivity contribution is -0.120. The van der Waals surface area contributed by atoms with Gasteiger partial charge in [0, 0.05) is 33.5 Å². The molecule has 3 aromatic carbocycles. The van der Waals surface area contributed by atoms with Crippen molar-refractivity contribution in [2.75, 3.05) is 18.1 Å². The largest absolute Gasteiger partial charge is 0.325 e. The third-order valence-corrected chi connectivity index (χ3v) is 9.24. The molecule has 0 aliphatic rings. The average molecular weight is 685 g/mol. The van der Waals surface area contributed by atoms with Gasteiger partial charge in [-0.3, -0.25) is 14.5 Å². The molecule has 226 valence electrons. The first-order valence-corrected chi connectivity index (χ1v) is 17.1. The maximum Gasteiger partial charge on any atom is 0.325 e. The molecule has 43 heavy (non-hydrogen) atoms. The van der Waals surface area contributed by atoms with Crippen LogP contribution in [0.25, 0.3) is 0 Å². The molecule has 0 bridgehead atoms. The molecule has 0 spiro atoms. The van der Waals surface area contributed by atoms with Crippen molar-refractivity contribution in [3.63, 3.8) is 0 Å². The maximum absolute atomic E-state index is 13.5. The fraction of sp³-hybridized carbons (Fsp3) is 0.281. The molecule has 1 atom stereocenters. The number of halogens is 1. The molecule has 0 unspecified atom stereocenters. The van der Waals surface area contributed by atoms with E-state index in [1.807, 2.05) is 51.1 Å². The number of carbonyl (C=O) groups excluding carboxylic acids is 3. The van der Waals surface area contributed by atoms with Crippen LogP contribution in [0.15, 0.2) is 88.2 Å². The van der Waals surface area contributed by atoms with Gasteiger partial charge in [0.05, 0.1) is 4.90 Å². The van der Waals surface area contributed by atoms with Crippen molar-refractivity contribution in [2.24, 2.45) is 5.92 Å². The Morgan fingerprint density at radius 3 is 2.21 bits per heavy atom. The van der Waals surface area contributed by atoms with Crippen LogP contribution < -0.4 is 10.0 Å². The summed E-state index contributed by atoms with van der Waals surface area (Å²) in [4.78, 5) is 41.1. The highest BCUT2D eigenvalue weighted by atomic mass is 79.9. The average Bonchev–Trinajstić information content (AvgIpc) is 2.98. The SMILES string of the molecule is CCCN(C(=O)N[C@@H](CSCC(C)C)C(=O)NS(=O)(=O)c1ccc(Br)cc1)C(=O)c1cccc(C#Cc2ccccc2)c1. The third kappa shape index (κ3) is 10.6. The van der Waals surface area contributed by atoms with Gasteiger partial charge in [-0.15, -0.1) is 0 Å². The number of rotatable bonds is 11. The summed E-state index contributed by atoms with van der Waals surface area (Å²) < 4.78 is 28.5. The molecule has 0 aliphatic carbocycles. The number of hydrogen-bond donors (Lipinski definition) is 2. The van der Waals surface area contributed by atoms with Gasteiger partial charge in [0.25, 0.3) is 21.8 Å². The molecule has 0 aliphatic heterocycles. The van der Waals surface area contributed by atoms with Crippen LogP contribution in [0, 0.1) is 17.8 Å². The summed E-state index contributed by atoms with van der Waals surface area (Å²) in [5, 5.41) is 2.60. The lowest BCUT2D eigenvalue weighted by Gasteiger charge is -2.25. The van der Waals surface area contributed by atoms with Gasteiger partial charge in [-0.05, 0) is 72.7 Å². The number of nitrogens with zero attached hydrogens (tertiary/aromatic N) is 1. The van der Waals surface area contributed by atoms with Crippen LogP contribution in [-0.2, 0) is 14.8 Å². The van der Waals surface area contributed by atoms with Crippen molar-refractivity contribution in [3.05, 3.63) is 100 Å². The van der Waals surface area contributed by atoms with E-state index in [0.29, 0.717) is 28.1 Å². The highest BCUT2D eigenvalue weighted by Crippen LogP contribution is 2.16. The van der Waals surface area contributed by atoms with Crippen molar-refractivity contribution in [3.8, 4) is 11.8 Å². The molecule has 0 saturated carbocycles. The van der Waals surface area contributed by atoms with Gasteiger partial charge in [0.2, 0.25) is 0 Å². The van der Waals surface area contributed by atoms with E-state index < -0.39 is 33.9 Å². The number of thioether (sulfide) groups is 1. The van der Waals surface area contributed by atoms with E-state index in [-0.39, 0.29) is 22.8 Å². The predicted octanol–water partition coefficient (Wildman–Crippen LogP) is 5.67. The Bertz CT molecular complexity index is 1580. The second kappa shape index (κ2) is 16.3. The molecule has 3 rings (SSSR count). The van der Waals surface area contributed by atoms with Crippen LogP contribution in [0.3, 0.4) is 0 Å². The number of sulfonamides is 1. The monoisotopic (exact) mass is 683 g/mol. The minimum absolute atomic E-state index is 0.0925. The highest BCUT2D eigenvalue weighted by molar-refractivity contribution is 9.10. The zero-order chi connectivity index (χ0) is 31.4. The van der Waals surface area contributed by atoms with Gasteiger partial charge >= 0.3 is 6.03 Å². The maximum atomic E-state index is 13.5. The van der Waals surface area contributed by atoms with Crippen molar-refractivity contribution in [1.82, 2.24) is 14.9 Å². The lowest BCUT2D eigenvalue weighted by atomic mass is 10.1. The molecule has 0 heterocycles. The number of urea groups is 1. The minimum Gasteiger partial charge on any atom is -0.325 e. The number of benzene rings is 3. The first kappa shape index (κ1) is 33.9. The Kier molecular flexibility index (Phi) is 12.9. The van der Waals surface area contributed by atoms with Crippen LogP contribution in [0.1, 0.15) is 48.7 Å². The molecule has 2 N–H and O–H groups in total. The summed E-state index contributed by atoms with van der Waals surface area (Å²) in [7, 11) is -4.19. The van der Waals surface area contributed by atoms with Crippen molar-refractivity contribution in [1.29, 1.82) is 0 Å². The quantitative estimate of drug-likeness (QED) is 0.252. The Labute approximate surface area is 266 Å². The lowest BCUT2D eigenvalue weighted by Crippen LogP contribution is -2.54. The zero-order valence-corrected chi connectivity index (χ0v) is 27.4. The second-order valence-electron chi connectivity index (χ2n) is 10.0. The Hall–Kier alpha value is -3.59. The summed E-state index contributed by atoms with van der Waals surface area (Å²) in [6, 6.07) is 19.9.